The number of thiazole rings is 1. The normalized spacial score (nSPS) is 14.7. The molecule has 0 spiro atoms. The van der Waals surface area contributed by atoms with Crippen molar-refractivity contribution in [1.82, 2.24) is 25.2 Å². The molecule has 10 heteroatoms. The van der Waals surface area contributed by atoms with Crippen molar-refractivity contribution in [3.63, 3.8) is 0 Å². The second kappa shape index (κ2) is 8.51. The average Bonchev–Trinajstić information content (AvgIpc) is 3.16. The molecule has 1 saturated heterocycles. The second-order valence-electron chi connectivity index (χ2n) is 7.52. The number of nitrogens with zero attached hydrogens (tertiary/aromatic N) is 5. The van der Waals surface area contributed by atoms with E-state index in [0.717, 1.165) is 5.69 Å². The summed E-state index contributed by atoms with van der Waals surface area (Å²) >= 11 is 1.38. The molecule has 0 saturated carbocycles. The third-order valence-corrected chi connectivity index (χ3v) is 5.08. The van der Waals surface area contributed by atoms with E-state index in [4.69, 9.17) is 0 Å². The van der Waals surface area contributed by atoms with Gasteiger partial charge in [0.25, 0.3) is 0 Å². The second-order valence-corrected chi connectivity index (χ2v) is 8.38. The number of carbonyl (C=O) groups is 2. The number of aromatic nitrogens is 3. The Morgan fingerprint density at radius 2 is 1.82 bits per heavy atom. The summed E-state index contributed by atoms with van der Waals surface area (Å²) < 4.78 is 0. The van der Waals surface area contributed by atoms with Crippen molar-refractivity contribution in [3.8, 4) is 0 Å². The molecular formula is C18H25N7O2S. The molecule has 3 rings (SSSR count). The number of hydrogen-bond acceptors (Lipinski definition) is 7. The molecule has 3 amide bonds. The molecule has 1 aliphatic rings. The van der Waals surface area contributed by atoms with Gasteiger partial charge in [0.05, 0.1) is 12.2 Å². The third kappa shape index (κ3) is 5.16. The molecule has 2 aromatic rings. The van der Waals surface area contributed by atoms with E-state index in [2.05, 4.69) is 46.4 Å². The van der Waals surface area contributed by atoms with Crippen LogP contribution in [-0.2, 0) is 10.2 Å². The van der Waals surface area contributed by atoms with Crippen molar-refractivity contribution < 1.29 is 9.59 Å². The minimum absolute atomic E-state index is 0.0688. The Hall–Kier alpha value is -2.75. The van der Waals surface area contributed by atoms with Crippen LogP contribution in [0, 0.1) is 0 Å². The maximum absolute atomic E-state index is 12.3. The van der Waals surface area contributed by atoms with Gasteiger partial charge in [-0.1, -0.05) is 20.8 Å². The van der Waals surface area contributed by atoms with Crippen LogP contribution in [0.3, 0.4) is 0 Å². The Balaban J connectivity index is 1.42. The Labute approximate surface area is 168 Å². The molecule has 1 aliphatic heterocycles. The van der Waals surface area contributed by atoms with Crippen LogP contribution < -0.4 is 15.5 Å². The number of hydrogen-bond donors (Lipinski definition) is 2. The zero-order valence-electron chi connectivity index (χ0n) is 16.3. The summed E-state index contributed by atoms with van der Waals surface area (Å²) in [5, 5.41) is 7.87. The molecule has 2 N–H and O–H groups in total. The molecule has 0 bridgehead atoms. The first-order valence-electron chi connectivity index (χ1n) is 9.13. The van der Waals surface area contributed by atoms with E-state index in [9.17, 15) is 9.59 Å². The Morgan fingerprint density at radius 3 is 2.43 bits per heavy atom. The van der Waals surface area contributed by atoms with E-state index in [-0.39, 0.29) is 23.9 Å². The quantitative estimate of drug-likeness (QED) is 0.805. The average molecular weight is 404 g/mol. The van der Waals surface area contributed by atoms with Crippen molar-refractivity contribution >= 4 is 34.4 Å². The minimum atomic E-state index is -0.292. The number of nitrogens with one attached hydrogen (secondary N) is 2. The van der Waals surface area contributed by atoms with Gasteiger partial charge < -0.3 is 20.4 Å². The van der Waals surface area contributed by atoms with E-state index in [1.807, 2.05) is 10.3 Å². The fourth-order valence-corrected chi connectivity index (χ4v) is 3.62. The maximum Gasteiger partial charge on any atom is 0.317 e. The molecule has 28 heavy (non-hydrogen) atoms. The summed E-state index contributed by atoms with van der Waals surface area (Å²) in [5.41, 5.74) is 0.859. The first-order valence-corrected chi connectivity index (χ1v) is 10.0. The van der Waals surface area contributed by atoms with Gasteiger partial charge in [-0.25, -0.2) is 19.7 Å². The number of piperazine rings is 1. The van der Waals surface area contributed by atoms with Crippen LogP contribution in [-0.4, -0.2) is 64.5 Å². The van der Waals surface area contributed by atoms with Crippen LogP contribution in [0.2, 0.25) is 0 Å². The lowest BCUT2D eigenvalue weighted by molar-refractivity contribution is -0.115. The van der Waals surface area contributed by atoms with E-state index >= 15 is 0 Å². The van der Waals surface area contributed by atoms with Gasteiger partial charge in [0.15, 0.2) is 5.13 Å². The standard InChI is InChI=1S/C18H25N7O2S/c1-18(2,3)13-12-28-16(22-13)23-14(26)11-21-17(27)25-9-7-24(8-10-25)15-19-5-4-6-20-15/h4-6,12H,7-11H2,1-3H3,(H,21,27)(H,22,23,26). The SMILES string of the molecule is CC(C)(C)c1csc(NC(=O)CNC(=O)N2CCN(c3ncccn3)CC2)n1. The van der Waals surface area contributed by atoms with Crippen molar-refractivity contribution in [3.05, 3.63) is 29.5 Å². The molecule has 1 fully saturated rings. The number of amides is 3. The van der Waals surface area contributed by atoms with E-state index in [0.29, 0.717) is 37.3 Å². The predicted molar refractivity (Wildman–Crippen MR) is 109 cm³/mol. The summed E-state index contributed by atoms with van der Waals surface area (Å²) in [5.74, 6) is 0.375. The highest BCUT2D eigenvalue weighted by atomic mass is 32.1. The van der Waals surface area contributed by atoms with Gasteiger partial charge in [-0.15, -0.1) is 11.3 Å². The van der Waals surface area contributed by atoms with Crippen LogP contribution in [0.5, 0.6) is 0 Å². The van der Waals surface area contributed by atoms with Gasteiger partial charge in [-0.05, 0) is 6.07 Å². The Kier molecular flexibility index (Phi) is 6.08. The molecule has 3 heterocycles. The molecule has 0 radical (unpaired) electrons. The van der Waals surface area contributed by atoms with Gasteiger partial charge in [0.1, 0.15) is 0 Å². The van der Waals surface area contributed by atoms with Gasteiger partial charge >= 0.3 is 6.03 Å². The summed E-state index contributed by atoms with van der Waals surface area (Å²) in [6, 6.07) is 1.52. The smallest absolute Gasteiger partial charge is 0.317 e. The van der Waals surface area contributed by atoms with Gasteiger partial charge in [0.2, 0.25) is 11.9 Å². The van der Waals surface area contributed by atoms with Crippen molar-refractivity contribution in [2.75, 3.05) is 42.9 Å². The molecule has 2 aromatic heterocycles. The zero-order valence-corrected chi connectivity index (χ0v) is 17.1. The fourth-order valence-electron chi connectivity index (χ4n) is 2.67. The molecule has 0 atom stereocenters. The number of rotatable bonds is 4. The van der Waals surface area contributed by atoms with E-state index < -0.39 is 0 Å². The molecule has 150 valence electrons. The largest absolute Gasteiger partial charge is 0.337 e. The molecule has 0 aliphatic carbocycles. The third-order valence-electron chi connectivity index (χ3n) is 4.32. The summed E-state index contributed by atoms with van der Waals surface area (Å²) in [7, 11) is 0. The summed E-state index contributed by atoms with van der Waals surface area (Å²) in [6.07, 6.45) is 3.40. The highest BCUT2D eigenvalue weighted by Crippen LogP contribution is 2.26. The lowest BCUT2D eigenvalue weighted by atomic mass is 9.93. The van der Waals surface area contributed by atoms with Crippen LogP contribution in [0.25, 0.3) is 0 Å². The maximum atomic E-state index is 12.3. The highest BCUT2D eigenvalue weighted by Gasteiger charge is 2.23. The van der Waals surface area contributed by atoms with Crippen LogP contribution in [0.4, 0.5) is 15.9 Å². The van der Waals surface area contributed by atoms with Gasteiger partial charge in [0, 0.05) is 49.4 Å². The van der Waals surface area contributed by atoms with E-state index in [1.165, 1.54) is 11.3 Å². The topological polar surface area (TPSA) is 103 Å². The summed E-state index contributed by atoms with van der Waals surface area (Å²) in [4.78, 5) is 41.0. The minimum Gasteiger partial charge on any atom is -0.337 e. The predicted octanol–water partition coefficient (Wildman–Crippen LogP) is 1.70. The lowest BCUT2D eigenvalue weighted by Crippen LogP contribution is -2.53. The van der Waals surface area contributed by atoms with Crippen LogP contribution >= 0.6 is 11.3 Å². The van der Waals surface area contributed by atoms with Crippen molar-refractivity contribution in [2.24, 2.45) is 0 Å². The van der Waals surface area contributed by atoms with Gasteiger partial charge in [-0.2, -0.15) is 0 Å². The number of carbonyl (C=O) groups excluding carboxylic acids is 2. The first kappa shape index (κ1) is 20.0. The Bertz CT molecular complexity index is 811. The number of anilines is 2. The van der Waals surface area contributed by atoms with E-state index in [1.54, 1.807) is 23.4 Å². The van der Waals surface area contributed by atoms with Gasteiger partial charge in [-0.3, -0.25) is 4.79 Å². The number of urea groups is 1. The molecular weight excluding hydrogens is 378 g/mol. The molecule has 0 aromatic carbocycles. The lowest BCUT2D eigenvalue weighted by Gasteiger charge is -2.34. The van der Waals surface area contributed by atoms with Crippen molar-refractivity contribution in [1.29, 1.82) is 0 Å². The summed E-state index contributed by atoms with van der Waals surface area (Å²) in [6.45, 7) is 8.51. The highest BCUT2D eigenvalue weighted by molar-refractivity contribution is 7.13. The van der Waals surface area contributed by atoms with Crippen molar-refractivity contribution in [2.45, 2.75) is 26.2 Å². The Morgan fingerprint density at radius 1 is 1.14 bits per heavy atom. The zero-order chi connectivity index (χ0) is 20.1. The monoisotopic (exact) mass is 403 g/mol. The van der Waals surface area contributed by atoms with Crippen LogP contribution in [0.15, 0.2) is 23.8 Å². The molecule has 9 nitrogen and oxygen atoms in total. The first-order chi connectivity index (χ1) is 13.3. The molecule has 0 unspecified atom stereocenters. The van der Waals surface area contributed by atoms with Crippen LogP contribution in [0.1, 0.15) is 26.5 Å². The fraction of sp³-hybridized carbons (Fsp3) is 0.500.